The average Bonchev–Trinajstić information content (AvgIpc) is 2.84. The highest BCUT2D eigenvalue weighted by molar-refractivity contribution is 9.10. The normalized spacial score (nSPS) is 12.3. The molecule has 1 atom stereocenters. The number of hydrogen-bond acceptors (Lipinski definition) is 3. The number of alkyl halides is 1. The Morgan fingerprint density at radius 1 is 1.16 bits per heavy atom. The summed E-state index contributed by atoms with van der Waals surface area (Å²) in [5.74, 6) is 1.62. The van der Waals surface area contributed by atoms with Crippen LogP contribution in [0.1, 0.15) is 16.7 Å². The van der Waals surface area contributed by atoms with E-state index < -0.39 is 5.38 Å². The van der Waals surface area contributed by atoms with Gasteiger partial charge >= 0.3 is 0 Å². The van der Waals surface area contributed by atoms with Crippen LogP contribution < -0.4 is 9.47 Å². The zero-order chi connectivity index (χ0) is 14.0. The van der Waals surface area contributed by atoms with Crippen LogP contribution in [0, 0.1) is 0 Å². The van der Waals surface area contributed by atoms with Crippen LogP contribution in [0.5, 0.6) is 11.5 Å². The summed E-state index contributed by atoms with van der Waals surface area (Å²) in [6.07, 6.45) is 0. The van der Waals surface area contributed by atoms with Gasteiger partial charge in [-0.3, -0.25) is 0 Å². The van der Waals surface area contributed by atoms with E-state index in [-0.39, 0.29) is 0 Å². The van der Waals surface area contributed by atoms with Gasteiger partial charge in [-0.2, -0.15) is 0 Å². The molecule has 0 saturated carbocycles. The third-order valence-corrected chi connectivity index (χ3v) is 3.87. The van der Waals surface area contributed by atoms with Crippen molar-refractivity contribution in [2.75, 3.05) is 14.2 Å². The van der Waals surface area contributed by atoms with Crippen molar-refractivity contribution in [1.29, 1.82) is 0 Å². The molecule has 0 aliphatic rings. The molecule has 0 aliphatic heterocycles. The summed E-state index contributed by atoms with van der Waals surface area (Å²) >= 11 is 15.8. The first kappa shape index (κ1) is 14.6. The van der Waals surface area contributed by atoms with E-state index in [4.69, 9.17) is 37.1 Å². The lowest BCUT2D eigenvalue weighted by Gasteiger charge is -2.15. The van der Waals surface area contributed by atoms with Crippen LogP contribution >= 0.6 is 39.1 Å². The second-order valence-corrected chi connectivity index (χ2v) is 5.30. The topological polar surface area (TPSA) is 31.6 Å². The standard InChI is InChI=1S/C13H11BrCl2O3/c1-17-8-4-3-7(13(18-2)12(8)16)11(15)9-5-6-10(14)19-9/h3-6,11H,1-2H3. The van der Waals surface area contributed by atoms with Gasteiger partial charge in [0.2, 0.25) is 0 Å². The van der Waals surface area contributed by atoms with Gasteiger partial charge < -0.3 is 13.9 Å². The second kappa shape index (κ2) is 6.07. The Bertz CT molecular complexity index is 583. The molecule has 0 spiro atoms. The predicted octanol–water partition coefficient (Wildman–Crippen LogP) is 5.04. The molecule has 2 rings (SSSR count). The summed E-state index contributed by atoms with van der Waals surface area (Å²) in [4.78, 5) is 0. The van der Waals surface area contributed by atoms with Crippen molar-refractivity contribution < 1.29 is 13.9 Å². The highest BCUT2D eigenvalue weighted by Gasteiger charge is 2.22. The Hall–Kier alpha value is -0.840. The monoisotopic (exact) mass is 364 g/mol. The van der Waals surface area contributed by atoms with Crippen LogP contribution in [0.3, 0.4) is 0 Å². The third kappa shape index (κ3) is 2.86. The smallest absolute Gasteiger partial charge is 0.169 e. The van der Waals surface area contributed by atoms with Gasteiger partial charge in [-0.25, -0.2) is 0 Å². The van der Waals surface area contributed by atoms with Gasteiger partial charge in [0, 0.05) is 5.56 Å². The number of hydrogen-bond donors (Lipinski definition) is 0. The Kier molecular flexibility index (Phi) is 4.66. The molecule has 3 nitrogen and oxygen atoms in total. The fourth-order valence-corrected chi connectivity index (χ4v) is 2.67. The minimum absolute atomic E-state index is 0.388. The number of furan rings is 1. The molecular formula is C13H11BrCl2O3. The predicted molar refractivity (Wildman–Crippen MR) is 78.7 cm³/mol. The van der Waals surface area contributed by atoms with Crippen LogP contribution in [0.25, 0.3) is 0 Å². The molecule has 19 heavy (non-hydrogen) atoms. The van der Waals surface area contributed by atoms with Gasteiger partial charge in [0.15, 0.2) is 4.67 Å². The van der Waals surface area contributed by atoms with E-state index in [1.807, 2.05) is 0 Å². The molecule has 1 aromatic carbocycles. The number of ether oxygens (including phenoxy) is 2. The Labute approximate surface area is 129 Å². The van der Waals surface area contributed by atoms with Gasteiger partial charge in [-0.15, -0.1) is 11.6 Å². The Morgan fingerprint density at radius 3 is 2.42 bits per heavy atom. The van der Waals surface area contributed by atoms with Crippen molar-refractivity contribution in [3.63, 3.8) is 0 Å². The molecule has 6 heteroatoms. The maximum Gasteiger partial charge on any atom is 0.169 e. The highest BCUT2D eigenvalue weighted by atomic mass is 79.9. The van der Waals surface area contributed by atoms with Gasteiger partial charge in [-0.05, 0) is 40.2 Å². The van der Waals surface area contributed by atoms with E-state index in [9.17, 15) is 0 Å². The summed E-state index contributed by atoms with van der Waals surface area (Å²) in [6.45, 7) is 0. The van der Waals surface area contributed by atoms with Crippen LogP contribution in [-0.2, 0) is 0 Å². The summed E-state index contributed by atoms with van der Waals surface area (Å²) in [5, 5.41) is -0.108. The number of benzene rings is 1. The van der Waals surface area contributed by atoms with E-state index in [1.165, 1.54) is 7.11 Å². The summed E-state index contributed by atoms with van der Waals surface area (Å²) in [6, 6.07) is 7.12. The minimum Gasteiger partial charge on any atom is -0.495 e. The van der Waals surface area contributed by atoms with Crippen LogP contribution in [-0.4, -0.2) is 14.2 Å². The number of methoxy groups -OCH3 is 2. The average molecular weight is 366 g/mol. The lowest BCUT2D eigenvalue weighted by Crippen LogP contribution is -1.98. The molecule has 1 heterocycles. The van der Waals surface area contributed by atoms with Crippen molar-refractivity contribution in [2.24, 2.45) is 0 Å². The first-order chi connectivity index (χ1) is 9.08. The zero-order valence-electron chi connectivity index (χ0n) is 10.2. The lowest BCUT2D eigenvalue weighted by molar-refractivity contribution is 0.390. The molecule has 0 aliphatic carbocycles. The first-order valence-corrected chi connectivity index (χ1v) is 6.99. The number of halogens is 3. The molecule has 0 radical (unpaired) electrons. The first-order valence-electron chi connectivity index (χ1n) is 5.38. The zero-order valence-corrected chi connectivity index (χ0v) is 13.3. The Balaban J connectivity index is 2.47. The maximum atomic E-state index is 6.40. The molecule has 0 fully saturated rings. The molecule has 1 aromatic heterocycles. The molecule has 102 valence electrons. The molecule has 0 amide bonds. The lowest BCUT2D eigenvalue weighted by atomic mass is 10.1. The van der Waals surface area contributed by atoms with E-state index in [1.54, 1.807) is 31.4 Å². The van der Waals surface area contributed by atoms with Crippen LogP contribution in [0.15, 0.2) is 33.4 Å². The van der Waals surface area contributed by atoms with Crippen LogP contribution in [0.2, 0.25) is 5.02 Å². The minimum atomic E-state index is -0.496. The fourth-order valence-electron chi connectivity index (χ4n) is 1.74. The molecular weight excluding hydrogens is 355 g/mol. The molecule has 2 aromatic rings. The fraction of sp³-hybridized carbons (Fsp3) is 0.231. The SMILES string of the molecule is COc1ccc(C(Cl)c2ccc(Br)o2)c(OC)c1Cl. The third-order valence-electron chi connectivity index (χ3n) is 2.63. The molecule has 0 bridgehead atoms. The molecule has 0 saturated heterocycles. The number of rotatable bonds is 4. The summed E-state index contributed by atoms with van der Waals surface area (Å²) < 4.78 is 16.5. The van der Waals surface area contributed by atoms with Crippen LogP contribution in [0.4, 0.5) is 0 Å². The van der Waals surface area contributed by atoms with E-state index in [2.05, 4.69) is 15.9 Å². The second-order valence-electron chi connectivity index (χ2n) is 3.71. The Morgan fingerprint density at radius 2 is 1.89 bits per heavy atom. The van der Waals surface area contributed by atoms with Gasteiger partial charge in [-0.1, -0.05) is 11.6 Å². The van der Waals surface area contributed by atoms with Gasteiger partial charge in [0.1, 0.15) is 27.7 Å². The van der Waals surface area contributed by atoms with E-state index in [0.717, 1.165) is 5.56 Å². The van der Waals surface area contributed by atoms with E-state index in [0.29, 0.717) is 27.0 Å². The maximum absolute atomic E-state index is 6.40. The summed E-state index contributed by atoms with van der Waals surface area (Å²) in [5.41, 5.74) is 0.719. The van der Waals surface area contributed by atoms with Crippen molar-refractivity contribution >= 4 is 39.1 Å². The summed E-state index contributed by atoms with van der Waals surface area (Å²) in [7, 11) is 3.08. The van der Waals surface area contributed by atoms with Crippen molar-refractivity contribution in [3.05, 3.63) is 45.3 Å². The van der Waals surface area contributed by atoms with Gasteiger partial charge in [0.05, 0.1) is 14.2 Å². The van der Waals surface area contributed by atoms with Gasteiger partial charge in [0.25, 0.3) is 0 Å². The van der Waals surface area contributed by atoms with Crippen molar-refractivity contribution in [2.45, 2.75) is 5.38 Å². The largest absolute Gasteiger partial charge is 0.495 e. The quantitative estimate of drug-likeness (QED) is 0.711. The molecule has 0 N–H and O–H groups in total. The van der Waals surface area contributed by atoms with Crippen molar-refractivity contribution in [3.8, 4) is 11.5 Å². The van der Waals surface area contributed by atoms with E-state index >= 15 is 0 Å². The van der Waals surface area contributed by atoms with Crippen molar-refractivity contribution in [1.82, 2.24) is 0 Å². The highest BCUT2D eigenvalue weighted by Crippen LogP contribution is 2.43. The molecule has 1 unspecified atom stereocenters.